The average Bonchev–Trinajstić information content (AvgIpc) is 3.19. The summed E-state index contributed by atoms with van der Waals surface area (Å²) >= 11 is 1.42. The molecule has 1 amide bonds. The van der Waals surface area contributed by atoms with Gasteiger partial charge < -0.3 is 10.6 Å². The van der Waals surface area contributed by atoms with Gasteiger partial charge in [0.05, 0.1) is 11.2 Å². The molecule has 4 nitrogen and oxygen atoms in total. The topological polar surface area (TPSA) is 59.2 Å². The Morgan fingerprint density at radius 3 is 2.65 bits per heavy atom. The van der Waals surface area contributed by atoms with Gasteiger partial charge in [-0.3, -0.25) is 4.79 Å². The Bertz CT molecular complexity index is 616. The van der Waals surface area contributed by atoms with Crippen molar-refractivity contribution < 1.29 is 4.79 Å². The molecule has 2 aromatic rings. The number of aromatic nitrogens is 1. The molecule has 1 fully saturated rings. The molecule has 2 N–H and O–H groups in total. The van der Waals surface area contributed by atoms with E-state index in [9.17, 15) is 4.79 Å². The number of hydrogen-bond donors (Lipinski definition) is 1. The number of aryl methyl sites for hydroxylation is 1. The molecule has 0 unspecified atom stereocenters. The molecule has 104 valence electrons. The second-order valence-electron chi connectivity index (χ2n) is 5.17. The number of carbonyl (C=O) groups excluding carboxylic acids is 1. The minimum Gasteiger partial charge on any atom is -0.399 e. The number of nitrogen functional groups attached to an aromatic ring is 1. The summed E-state index contributed by atoms with van der Waals surface area (Å²) in [5.41, 5.74) is 10.1. The summed E-state index contributed by atoms with van der Waals surface area (Å²) in [6, 6.07) is 8.10. The van der Waals surface area contributed by atoms with Gasteiger partial charge in [0, 0.05) is 18.3 Å². The summed E-state index contributed by atoms with van der Waals surface area (Å²) in [5.74, 6) is 0.101. The van der Waals surface area contributed by atoms with Gasteiger partial charge in [0.25, 0.3) is 5.91 Å². The Kier molecular flexibility index (Phi) is 3.44. The van der Waals surface area contributed by atoms with Crippen molar-refractivity contribution in [1.82, 2.24) is 9.88 Å². The van der Waals surface area contributed by atoms with Gasteiger partial charge in [-0.2, -0.15) is 0 Å². The van der Waals surface area contributed by atoms with Gasteiger partial charge in [-0.05, 0) is 37.5 Å². The van der Waals surface area contributed by atoms with Crippen LogP contribution in [0.25, 0.3) is 0 Å². The predicted molar refractivity (Wildman–Crippen MR) is 80.6 cm³/mol. The fourth-order valence-electron chi connectivity index (χ4n) is 2.21. The Morgan fingerprint density at radius 2 is 2.10 bits per heavy atom. The highest BCUT2D eigenvalue weighted by atomic mass is 32.1. The number of rotatable bonds is 4. The first-order chi connectivity index (χ1) is 9.65. The van der Waals surface area contributed by atoms with E-state index in [0.29, 0.717) is 12.6 Å². The molecular formula is C15H17N3OS. The van der Waals surface area contributed by atoms with Gasteiger partial charge in [0.15, 0.2) is 0 Å². The zero-order chi connectivity index (χ0) is 14.1. The van der Waals surface area contributed by atoms with Crippen molar-refractivity contribution >= 4 is 22.9 Å². The molecule has 0 atom stereocenters. The maximum absolute atomic E-state index is 12.7. The lowest BCUT2D eigenvalue weighted by atomic mass is 10.2. The molecule has 20 heavy (non-hydrogen) atoms. The van der Waals surface area contributed by atoms with Crippen LogP contribution in [0.1, 0.15) is 33.8 Å². The molecule has 0 radical (unpaired) electrons. The van der Waals surface area contributed by atoms with E-state index < -0.39 is 0 Å². The van der Waals surface area contributed by atoms with E-state index in [2.05, 4.69) is 4.98 Å². The number of thiazole rings is 1. The summed E-state index contributed by atoms with van der Waals surface area (Å²) in [6.45, 7) is 2.53. The number of nitrogens with two attached hydrogens (primary N) is 1. The highest BCUT2D eigenvalue weighted by molar-refractivity contribution is 7.11. The molecule has 1 aliphatic rings. The van der Waals surface area contributed by atoms with Gasteiger partial charge in [0.2, 0.25) is 0 Å². The molecule has 0 spiro atoms. The molecule has 0 bridgehead atoms. The molecule has 5 heteroatoms. The summed E-state index contributed by atoms with van der Waals surface area (Å²) in [6.07, 6.45) is 2.19. The van der Waals surface area contributed by atoms with Gasteiger partial charge in [0.1, 0.15) is 4.88 Å². The van der Waals surface area contributed by atoms with Crippen LogP contribution in [0.15, 0.2) is 29.8 Å². The fourth-order valence-corrected chi connectivity index (χ4v) is 2.97. The highest BCUT2D eigenvalue weighted by Gasteiger charge is 2.34. The number of benzene rings is 1. The van der Waals surface area contributed by atoms with Crippen molar-refractivity contribution in [3.8, 4) is 0 Å². The van der Waals surface area contributed by atoms with Crippen molar-refractivity contribution in [2.75, 3.05) is 5.73 Å². The number of anilines is 1. The van der Waals surface area contributed by atoms with Crippen LogP contribution >= 0.6 is 11.3 Å². The third-order valence-corrected chi connectivity index (χ3v) is 4.44. The largest absolute Gasteiger partial charge is 0.399 e. The van der Waals surface area contributed by atoms with Gasteiger partial charge in [-0.1, -0.05) is 12.1 Å². The quantitative estimate of drug-likeness (QED) is 0.880. The zero-order valence-electron chi connectivity index (χ0n) is 11.4. The van der Waals surface area contributed by atoms with Crippen molar-refractivity contribution in [3.05, 3.63) is 45.9 Å². The average molecular weight is 287 g/mol. The van der Waals surface area contributed by atoms with Crippen LogP contribution in [0, 0.1) is 6.92 Å². The third-order valence-electron chi connectivity index (χ3n) is 3.52. The molecular weight excluding hydrogens is 270 g/mol. The second-order valence-corrected chi connectivity index (χ2v) is 6.03. The Morgan fingerprint density at radius 1 is 1.40 bits per heavy atom. The molecule has 0 saturated heterocycles. The minimum absolute atomic E-state index is 0.101. The number of carbonyl (C=O) groups is 1. The van der Waals surface area contributed by atoms with E-state index in [-0.39, 0.29) is 5.91 Å². The first-order valence-corrected chi connectivity index (χ1v) is 7.58. The van der Waals surface area contributed by atoms with E-state index in [4.69, 9.17) is 5.73 Å². The third kappa shape index (κ3) is 2.67. The summed E-state index contributed by atoms with van der Waals surface area (Å²) in [7, 11) is 0. The molecule has 0 aliphatic heterocycles. The molecule has 1 aliphatic carbocycles. The first kappa shape index (κ1) is 13.1. The first-order valence-electron chi connectivity index (χ1n) is 6.70. The van der Waals surface area contributed by atoms with Crippen LogP contribution in [-0.2, 0) is 6.54 Å². The Hall–Kier alpha value is -1.88. The van der Waals surface area contributed by atoms with Crippen LogP contribution < -0.4 is 5.73 Å². The van der Waals surface area contributed by atoms with E-state index in [0.717, 1.165) is 34.7 Å². The maximum atomic E-state index is 12.7. The van der Waals surface area contributed by atoms with Gasteiger partial charge >= 0.3 is 0 Å². The minimum atomic E-state index is 0.101. The normalized spacial score (nSPS) is 14.2. The molecule has 1 saturated carbocycles. The monoisotopic (exact) mass is 287 g/mol. The van der Waals surface area contributed by atoms with Crippen molar-refractivity contribution in [2.24, 2.45) is 0 Å². The SMILES string of the molecule is Cc1ncsc1C(=O)N(Cc1ccc(N)cc1)C1CC1. The van der Waals surface area contributed by atoms with Crippen LogP contribution in [0.4, 0.5) is 5.69 Å². The maximum Gasteiger partial charge on any atom is 0.266 e. The lowest BCUT2D eigenvalue weighted by Gasteiger charge is -2.22. The second kappa shape index (κ2) is 5.25. The predicted octanol–water partition coefficient (Wildman–Crippen LogP) is 2.84. The van der Waals surface area contributed by atoms with E-state index in [1.165, 1.54) is 11.3 Å². The molecule has 1 heterocycles. The summed E-state index contributed by atoms with van der Waals surface area (Å²) in [4.78, 5) is 19.5. The smallest absolute Gasteiger partial charge is 0.266 e. The van der Waals surface area contributed by atoms with Gasteiger partial charge in [-0.25, -0.2) is 4.98 Å². The van der Waals surface area contributed by atoms with Crippen molar-refractivity contribution in [3.63, 3.8) is 0 Å². The Balaban J connectivity index is 1.81. The lowest BCUT2D eigenvalue weighted by molar-refractivity contribution is 0.0734. The van der Waals surface area contributed by atoms with E-state index in [1.54, 1.807) is 5.51 Å². The fraction of sp³-hybridized carbons (Fsp3) is 0.333. The van der Waals surface area contributed by atoms with Gasteiger partial charge in [-0.15, -0.1) is 11.3 Å². The van der Waals surface area contributed by atoms with Crippen LogP contribution in [0.5, 0.6) is 0 Å². The van der Waals surface area contributed by atoms with Crippen molar-refractivity contribution in [1.29, 1.82) is 0 Å². The zero-order valence-corrected chi connectivity index (χ0v) is 12.2. The van der Waals surface area contributed by atoms with Crippen LogP contribution in [-0.4, -0.2) is 21.8 Å². The van der Waals surface area contributed by atoms with E-state index in [1.807, 2.05) is 36.1 Å². The summed E-state index contributed by atoms with van der Waals surface area (Å²) < 4.78 is 0. The molecule has 1 aromatic heterocycles. The lowest BCUT2D eigenvalue weighted by Crippen LogP contribution is -2.32. The standard InChI is InChI=1S/C15H17N3OS/c1-10-14(20-9-17-10)15(19)18(13-6-7-13)8-11-2-4-12(16)5-3-11/h2-5,9,13H,6-8,16H2,1H3. The number of hydrogen-bond acceptors (Lipinski definition) is 4. The summed E-state index contributed by atoms with van der Waals surface area (Å²) in [5, 5.41) is 0. The van der Waals surface area contributed by atoms with Crippen LogP contribution in [0.2, 0.25) is 0 Å². The number of amides is 1. The van der Waals surface area contributed by atoms with Crippen LogP contribution in [0.3, 0.4) is 0 Å². The number of nitrogens with zero attached hydrogens (tertiary/aromatic N) is 2. The Labute approximate surface area is 122 Å². The van der Waals surface area contributed by atoms with Crippen molar-refractivity contribution in [2.45, 2.75) is 32.4 Å². The molecule has 1 aromatic carbocycles. The molecule has 3 rings (SSSR count). The van der Waals surface area contributed by atoms with E-state index >= 15 is 0 Å². The highest BCUT2D eigenvalue weighted by Crippen LogP contribution is 2.31.